The van der Waals surface area contributed by atoms with Crippen LogP contribution in [0.3, 0.4) is 0 Å². The van der Waals surface area contributed by atoms with E-state index in [9.17, 15) is 19.8 Å². The summed E-state index contributed by atoms with van der Waals surface area (Å²) in [7, 11) is 0. The molecule has 160 valence electrons. The van der Waals surface area contributed by atoms with Crippen molar-refractivity contribution in [3.05, 3.63) is 0 Å². The lowest BCUT2D eigenvalue weighted by molar-refractivity contribution is -0.157. The summed E-state index contributed by atoms with van der Waals surface area (Å²) in [4.78, 5) is 25.0. The zero-order chi connectivity index (χ0) is 20.9. The number of nitrogens with zero attached hydrogens (tertiary/aromatic N) is 1. The van der Waals surface area contributed by atoms with Crippen molar-refractivity contribution < 1.29 is 19.8 Å². The first-order valence-corrected chi connectivity index (χ1v) is 10.7. The molecule has 0 unspecified atom stereocenters. The molecule has 0 spiro atoms. The van der Waals surface area contributed by atoms with Crippen LogP contribution in [0.4, 0.5) is 0 Å². The predicted octanol–water partition coefficient (Wildman–Crippen LogP) is 2.19. The Kier molecular flexibility index (Phi) is 13.8. The Morgan fingerprint density at radius 1 is 1.22 bits per heavy atom. The van der Waals surface area contributed by atoms with E-state index >= 15 is 0 Å². The Morgan fingerprint density at radius 3 is 2.37 bits per heavy atom. The van der Waals surface area contributed by atoms with E-state index in [0.29, 0.717) is 37.5 Å². The third-order valence-electron chi connectivity index (χ3n) is 4.97. The minimum absolute atomic E-state index is 0.0516. The normalized spacial score (nSPS) is 15.8. The number of rotatable bonds is 16. The van der Waals surface area contributed by atoms with Gasteiger partial charge in [-0.1, -0.05) is 46.5 Å². The van der Waals surface area contributed by atoms with Gasteiger partial charge in [-0.2, -0.15) is 12.6 Å². The summed E-state index contributed by atoms with van der Waals surface area (Å²) in [6.07, 6.45) is 5.24. The molecule has 5 N–H and O–H groups in total. The quantitative estimate of drug-likeness (QED) is 0.153. The molecule has 27 heavy (non-hydrogen) atoms. The molecule has 0 bridgehead atoms. The summed E-state index contributed by atoms with van der Waals surface area (Å²) in [5, 5.41) is 19.9. The van der Waals surface area contributed by atoms with E-state index in [1.165, 1.54) is 0 Å². The van der Waals surface area contributed by atoms with Crippen LogP contribution in [0.2, 0.25) is 0 Å². The Balaban J connectivity index is 5.44. The lowest BCUT2D eigenvalue weighted by atomic mass is 9.85. The van der Waals surface area contributed by atoms with Crippen molar-refractivity contribution in [3.63, 3.8) is 0 Å². The molecule has 0 rings (SSSR count). The fourth-order valence-corrected chi connectivity index (χ4v) is 3.24. The fourth-order valence-electron chi connectivity index (χ4n) is 3.08. The van der Waals surface area contributed by atoms with Gasteiger partial charge in [0.1, 0.15) is 6.04 Å². The molecule has 0 aliphatic heterocycles. The third kappa shape index (κ3) is 9.27. The Bertz CT molecular complexity index is 439. The van der Waals surface area contributed by atoms with E-state index < -0.39 is 23.5 Å². The second-order valence-electron chi connectivity index (χ2n) is 7.34. The van der Waals surface area contributed by atoms with Gasteiger partial charge in [0.25, 0.3) is 5.91 Å². The molecule has 0 aromatic carbocycles. The van der Waals surface area contributed by atoms with E-state index in [-0.39, 0.29) is 13.0 Å². The molecule has 0 heterocycles. The van der Waals surface area contributed by atoms with Crippen molar-refractivity contribution in [1.29, 1.82) is 0 Å². The van der Waals surface area contributed by atoms with Crippen molar-refractivity contribution in [1.82, 2.24) is 10.4 Å². The number of nitrogens with one attached hydrogen (secondary N) is 1. The number of aliphatic hydroxyl groups is 1. The number of thiol groups is 1. The van der Waals surface area contributed by atoms with Gasteiger partial charge in [-0.05, 0) is 30.9 Å². The van der Waals surface area contributed by atoms with Crippen LogP contribution < -0.4 is 11.2 Å². The summed E-state index contributed by atoms with van der Waals surface area (Å²) in [5.74, 6) is -0.385. The molecule has 7 nitrogen and oxygen atoms in total. The minimum Gasteiger partial charge on any atom is -0.480 e. The molecular weight excluding hydrogens is 366 g/mol. The number of hydrogen-bond donors (Lipinski definition) is 5. The summed E-state index contributed by atoms with van der Waals surface area (Å²) in [6, 6.07) is -1.16. The second-order valence-corrected chi connectivity index (χ2v) is 7.79. The number of carboxylic acids is 1. The van der Waals surface area contributed by atoms with Crippen LogP contribution in [-0.4, -0.2) is 57.6 Å². The highest BCUT2D eigenvalue weighted by atomic mass is 32.1. The van der Waals surface area contributed by atoms with E-state index in [2.05, 4.69) is 31.9 Å². The van der Waals surface area contributed by atoms with Gasteiger partial charge < -0.3 is 15.9 Å². The summed E-state index contributed by atoms with van der Waals surface area (Å²) in [5.41, 5.74) is 8.33. The molecule has 8 heteroatoms. The largest absolute Gasteiger partial charge is 0.480 e. The average molecular weight is 406 g/mol. The molecule has 0 radical (unpaired) electrons. The van der Waals surface area contributed by atoms with E-state index in [1.54, 1.807) is 0 Å². The topological polar surface area (TPSA) is 116 Å². The summed E-state index contributed by atoms with van der Waals surface area (Å²) < 4.78 is 0. The molecule has 3 atom stereocenters. The monoisotopic (exact) mass is 405 g/mol. The Hall–Kier alpha value is -0.830. The standard InChI is InChI=1S/C19H39N3O4S/c1-4-10-19(20,11-6-8-15(3)5-2)18(26)22(21-12-7-14-27)16(9-13-23)17(24)25/h15-16,21,23,27H,4-14,20H2,1-3H3,(H,24,25)/t15-,16+,19+/m0/s1. The zero-order valence-corrected chi connectivity index (χ0v) is 18.0. The van der Waals surface area contributed by atoms with Gasteiger partial charge in [-0.25, -0.2) is 10.2 Å². The molecular formula is C19H39N3O4S. The number of carbonyl (C=O) groups is 2. The lowest BCUT2D eigenvalue weighted by Gasteiger charge is -2.37. The van der Waals surface area contributed by atoms with E-state index in [0.717, 1.165) is 30.7 Å². The number of aliphatic hydroxyl groups excluding tert-OH is 1. The fraction of sp³-hybridized carbons (Fsp3) is 0.895. The van der Waals surface area contributed by atoms with Crippen LogP contribution in [0.1, 0.15) is 72.1 Å². The van der Waals surface area contributed by atoms with Gasteiger partial charge in [0, 0.05) is 19.6 Å². The zero-order valence-electron chi connectivity index (χ0n) is 17.1. The molecule has 0 aliphatic carbocycles. The van der Waals surface area contributed by atoms with Crippen molar-refractivity contribution >= 4 is 24.5 Å². The van der Waals surface area contributed by atoms with Crippen LogP contribution in [0.25, 0.3) is 0 Å². The summed E-state index contributed by atoms with van der Waals surface area (Å²) in [6.45, 7) is 6.36. The van der Waals surface area contributed by atoms with Gasteiger partial charge in [-0.3, -0.25) is 9.80 Å². The minimum atomic E-state index is -1.16. The van der Waals surface area contributed by atoms with Crippen molar-refractivity contribution in [2.24, 2.45) is 11.7 Å². The number of carboxylic acid groups (broad SMARTS) is 1. The predicted molar refractivity (Wildman–Crippen MR) is 112 cm³/mol. The van der Waals surface area contributed by atoms with E-state index in [4.69, 9.17) is 5.73 Å². The maximum absolute atomic E-state index is 13.3. The molecule has 0 aromatic heterocycles. The van der Waals surface area contributed by atoms with Gasteiger partial charge in [-0.15, -0.1) is 0 Å². The molecule has 0 aliphatic rings. The second kappa shape index (κ2) is 14.2. The van der Waals surface area contributed by atoms with Crippen LogP contribution >= 0.6 is 12.6 Å². The lowest BCUT2D eigenvalue weighted by Crippen LogP contribution is -2.63. The van der Waals surface area contributed by atoms with Crippen LogP contribution in [0.5, 0.6) is 0 Å². The first-order valence-electron chi connectivity index (χ1n) is 10.1. The number of carbonyl (C=O) groups excluding carboxylic acids is 1. The number of hydrogen-bond acceptors (Lipinski definition) is 6. The van der Waals surface area contributed by atoms with Gasteiger partial charge in [0.15, 0.2) is 0 Å². The smallest absolute Gasteiger partial charge is 0.328 e. The number of amides is 1. The maximum Gasteiger partial charge on any atom is 0.328 e. The molecule has 0 saturated carbocycles. The SMILES string of the molecule is CCC[C@@](N)(CCC[C@@H](C)CC)C(=O)N(NCCCS)[C@H](CCO)C(=O)O. The Labute approximate surface area is 169 Å². The molecule has 1 amide bonds. The van der Waals surface area contributed by atoms with Gasteiger partial charge >= 0.3 is 5.97 Å². The number of aliphatic carboxylic acids is 1. The Morgan fingerprint density at radius 2 is 1.89 bits per heavy atom. The van der Waals surface area contributed by atoms with Crippen LogP contribution in [0, 0.1) is 5.92 Å². The van der Waals surface area contributed by atoms with Gasteiger partial charge in [0.2, 0.25) is 0 Å². The van der Waals surface area contributed by atoms with Crippen LogP contribution in [-0.2, 0) is 9.59 Å². The molecule has 0 fully saturated rings. The van der Waals surface area contributed by atoms with Crippen LogP contribution in [0.15, 0.2) is 0 Å². The highest BCUT2D eigenvalue weighted by Gasteiger charge is 2.40. The van der Waals surface area contributed by atoms with Crippen molar-refractivity contribution in [2.75, 3.05) is 18.9 Å². The number of hydrazine groups is 1. The highest BCUT2D eigenvalue weighted by Crippen LogP contribution is 2.24. The third-order valence-corrected chi connectivity index (χ3v) is 5.29. The van der Waals surface area contributed by atoms with Crippen molar-refractivity contribution in [2.45, 2.75) is 83.7 Å². The van der Waals surface area contributed by atoms with Crippen molar-refractivity contribution in [3.8, 4) is 0 Å². The summed E-state index contributed by atoms with van der Waals surface area (Å²) >= 11 is 4.15. The van der Waals surface area contributed by atoms with E-state index in [1.807, 2.05) is 6.92 Å². The highest BCUT2D eigenvalue weighted by molar-refractivity contribution is 7.80. The van der Waals surface area contributed by atoms with Gasteiger partial charge in [0.05, 0.1) is 5.54 Å². The molecule has 0 saturated heterocycles. The first kappa shape index (κ1) is 26.2. The first-order chi connectivity index (χ1) is 12.8. The molecule has 0 aromatic rings. The number of nitrogens with two attached hydrogens (primary N) is 1. The maximum atomic E-state index is 13.3. The average Bonchev–Trinajstić information content (AvgIpc) is 2.63.